The molecule has 8 nitrogen and oxygen atoms in total. The van der Waals surface area contributed by atoms with Gasteiger partial charge in [0.25, 0.3) is 0 Å². The second-order valence-corrected chi connectivity index (χ2v) is 4.95. The van der Waals surface area contributed by atoms with Crippen molar-refractivity contribution in [3.63, 3.8) is 0 Å². The van der Waals surface area contributed by atoms with E-state index in [0.717, 1.165) is 7.11 Å². The summed E-state index contributed by atoms with van der Waals surface area (Å²) in [5.41, 5.74) is -1.90. The van der Waals surface area contributed by atoms with Crippen LogP contribution in [0.1, 0.15) is 17.0 Å². The molecule has 0 saturated carbocycles. The largest absolute Gasteiger partial charge is 0.467 e. The van der Waals surface area contributed by atoms with Crippen molar-refractivity contribution in [2.45, 2.75) is 12.0 Å². The Morgan fingerprint density at radius 1 is 1.59 bits per heavy atom. The summed E-state index contributed by atoms with van der Waals surface area (Å²) in [5.74, 6) is -3.76. The molecule has 0 radical (unpaired) electrons. The molecule has 1 saturated heterocycles. The van der Waals surface area contributed by atoms with E-state index in [9.17, 15) is 19.6 Å². The van der Waals surface area contributed by atoms with Crippen LogP contribution in [0.3, 0.4) is 0 Å². The van der Waals surface area contributed by atoms with Crippen LogP contribution in [-0.4, -0.2) is 35.4 Å². The minimum atomic E-state index is -1.90. The van der Waals surface area contributed by atoms with E-state index in [2.05, 4.69) is 15.4 Å². The highest BCUT2D eigenvalue weighted by molar-refractivity contribution is 7.80. The monoisotopic (exact) mass is 321 g/mol. The maximum absolute atomic E-state index is 12.2. The van der Waals surface area contributed by atoms with Gasteiger partial charge < -0.3 is 19.8 Å². The number of ketones is 1. The van der Waals surface area contributed by atoms with E-state index in [-0.39, 0.29) is 10.9 Å². The topological polar surface area (TPSA) is 121 Å². The summed E-state index contributed by atoms with van der Waals surface area (Å²) in [6.07, 6.45) is 0.782. The van der Waals surface area contributed by atoms with E-state index in [4.69, 9.17) is 16.6 Å². The molecule has 0 bridgehead atoms. The molecule has 114 valence electrons. The molecule has 1 aromatic rings. The number of esters is 1. The van der Waals surface area contributed by atoms with Crippen molar-refractivity contribution in [3.05, 3.63) is 24.2 Å². The number of carbonyl (C=O) groups is 3. The van der Waals surface area contributed by atoms with E-state index >= 15 is 0 Å². The lowest BCUT2D eigenvalue weighted by Gasteiger charge is -2.38. The van der Waals surface area contributed by atoms with Gasteiger partial charge in [0.05, 0.1) is 25.9 Å². The molecule has 2 rings (SSSR count). The molecule has 2 unspecified atom stereocenters. The molecular formula is C13H11N3O5S. The highest BCUT2D eigenvalue weighted by Gasteiger charge is 2.55. The van der Waals surface area contributed by atoms with Crippen LogP contribution in [0.2, 0.25) is 0 Å². The normalized spacial score (nSPS) is 23.9. The van der Waals surface area contributed by atoms with Crippen molar-refractivity contribution in [3.8, 4) is 6.07 Å². The van der Waals surface area contributed by atoms with Crippen molar-refractivity contribution in [2.75, 3.05) is 7.11 Å². The van der Waals surface area contributed by atoms with Crippen LogP contribution in [0.15, 0.2) is 22.8 Å². The standard InChI is InChI=1S/C13H11N3O5S/c1-20-11(19)13(5-8(17)9-3-2-4-21-9)7(6-14)10(18)15-12(22)16-13/h2-4,7H,5H2,1H3,(H2,15,16,18,22). The Balaban J connectivity index is 2.45. The molecule has 2 heterocycles. The van der Waals surface area contributed by atoms with Crippen LogP contribution >= 0.6 is 12.2 Å². The predicted molar refractivity (Wildman–Crippen MR) is 75.4 cm³/mol. The Kier molecular flexibility index (Phi) is 4.23. The molecule has 2 N–H and O–H groups in total. The van der Waals surface area contributed by atoms with Crippen molar-refractivity contribution in [2.24, 2.45) is 5.92 Å². The van der Waals surface area contributed by atoms with E-state index in [1.54, 1.807) is 6.07 Å². The number of rotatable bonds is 4. The maximum Gasteiger partial charge on any atom is 0.334 e. The van der Waals surface area contributed by atoms with E-state index in [1.165, 1.54) is 18.4 Å². The molecule has 1 aliphatic heterocycles. The van der Waals surface area contributed by atoms with Crippen LogP contribution in [0.5, 0.6) is 0 Å². The summed E-state index contributed by atoms with van der Waals surface area (Å²) in [5, 5.41) is 13.9. The fourth-order valence-corrected chi connectivity index (χ4v) is 2.51. The summed E-state index contributed by atoms with van der Waals surface area (Å²) in [6, 6.07) is 4.63. The summed E-state index contributed by atoms with van der Waals surface area (Å²) in [7, 11) is 1.09. The molecule has 1 amide bonds. The number of amides is 1. The number of Topliss-reactive ketones (excluding diaryl/α,β-unsaturated/α-hetero) is 1. The fourth-order valence-electron chi connectivity index (χ4n) is 2.23. The number of methoxy groups -OCH3 is 1. The first-order valence-corrected chi connectivity index (χ1v) is 6.53. The van der Waals surface area contributed by atoms with Gasteiger partial charge in [-0.05, 0) is 24.4 Å². The zero-order valence-electron chi connectivity index (χ0n) is 11.4. The van der Waals surface area contributed by atoms with Gasteiger partial charge >= 0.3 is 5.97 Å². The Labute approximate surface area is 130 Å². The minimum absolute atomic E-state index is 0.00123. The summed E-state index contributed by atoms with van der Waals surface area (Å²) in [6.45, 7) is 0. The van der Waals surface area contributed by atoms with Crippen LogP contribution in [0.25, 0.3) is 0 Å². The molecular weight excluding hydrogens is 310 g/mol. The van der Waals surface area contributed by atoms with Gasteiger partial charge in [-0.3, -0.25) is 9.59 Å². The lowest BCUT2D eigenvalue weighted by Crippen LogP contribution is -2.70. The number of furan rings is 1. The number of hydrogen-bond donors (Lipinski definition) is 2. The lowest BCUT2D eigenvalue weighted by molar-refractivity contribution is -0.152. The first-order valence-electron chi connectivity index (χ1n) is 6.12. The van der Waals surface area contributed by atoms with Crippen LogP contribution in [0.4, 0.5) is 0 Å². The van der Waals surface area contributed by atoms with Gasteiger partial charge in [-0.25, -0.2) is 4.79 Å². The first-order chi connectivity index (χ1) is 10.4. The third-order valence-corrected chi connectivity index (χ3v) is 3.45. The van der Waals surface area contributed by atoms with Crippen LogP contribution in [0, 0.1) is 17.2 Å². The number of ether oxygens (including phenoxy) is 1. The zero-order valence-corrected chi connectivity index (χ0v) is 12.2. The molecule has 0 spiro atoms. The van der Waals surface area contributed by atoms with Gasteiger partial charge in [-0.15, -0.1) is 0 Å². The Morgan fingerprint density at radius 3 is 2.86 bits per heavy atom. The van der Waals surface area contributed by atoms with E-state index in [0.29, 0.717) is 0 Å². The number of nitrogens with one attached hydrogen (secondary N) is 2. The smallest absolute Gasteiger partial charge is 0.334 e. The number of nitrogens with zero attached hydrogens (tertiary/aromatic N) is 1. The summed E-state index contributed by atoms with van der Waals surface area (Å²) >= 11 is 4.86. The molecule has 1 aromatic heterocycles. The summed E-state index contributed by atoms with van der Waals surface area (Å²) < 4.78 is 9.64. The van der Waals surface area contributed by atoms with Crippen LogP contribution < -0.4 is 10.6 Å². The third kappa shape index (κ3) is 2.56. The van der Waals surface area contributed by atoms with Gasteiger partial charge in [0.2, 0.25) is 11.7 Å². The van der Waals surface area contributed by atoms with E-state index in [1.807, 2.05) is 0 Å². The molecule has 1 fully saturated rings. The number of hydrogen-bond acceptors (Lipinski definition) is 7. The highest BCUT2D eigenvalue weighted by Crippen LogP contribution is 2.28. The Hall–Kier alpha value is -2.73. The van der Waals surface area contributed by atoms with Crippen LogP contribution in [-0.2, 0) is 14.3 Å². The lowest BCUT2D eigenvalue weighted by atomic mass is 9.78. The maximum atomic E-state index is 12.2. The highest BCUT2D eigenvalue weighted by atomic mass is 32.1. The number of nitriles is 1. The first kappa shape index (κ1) is 15.7. The SMILES string of the molecule is COC(=O)C1(CC(=O)c2ccco2)NC(=S)NC(=O)C1C#N. The third-order valence-electron chi connectivity index (χ3n) is 3.24. The second kappa shape index (κ2) is 5.95. The Bertz CT molecular complexity index is 678. The molecule has 9 heteroatoms. The minimum Gasteiger partial charge on any atom is -0.467 e. The predicted octanol–water partition coefficient (Wildman–Crippen LogP) is -0.0917. The quantitative estimate of drug-likeness (QED) is 0.448. The van der Waals surface area contributed by atoms with Gasteiger partial charge in [0.15, 0.2) is 22.3 Å². The van der Waals surface area contributed by atoms with Gasteiger partial charge in [0, 0.05) is 0 Å². The molecule has 0 aromatic carbocycles. The molecule has 1 aliphatic rings. The average Bonchev–Trinajstić information content (AvgIpc) is 3.00. The number of thiocarbonyl (C=S) groups is 1. The molecule has 22 heavy (non-hydrogen) atoms. The van der Waals surface area contributed by atoms with Gasteiger partial charge in [-0.1, -0.05) is 0 Å². The molecule has 0 aliphatic carbocycles. The van der Waals surface area contributed by atoms with Crippen molar-refractivity contribution in [1.82, 2.24) is 10.6 Å². The zero-order chi connectivity index (χ0) is 16.3. The second-order valence-electron chi connectivity index (χ2n) is 4.55. The van der Waals surface area contributed by atoms with Crippen molar-refractivity contribution < 1.29 is 23.5 Å². The van der Waals surface area contributed by atoms with E-state index < -0.39 is 35.5 Å². The van der Waals surface area contributed by atoms with Gasteiger partial charge in [-0.2, -0.15) is 5.26 Å². The average molecular weight is 321 g/mol. The Morgan fingerprint density at radius 2 is 2.32 bits per heavy atom. The summed E-state index contributed by atoms with van der Waals surface area (Å²) in [4.78, 5) is 36.4. The van der Waals surface area contributed by atoms with Gasteiger partial charge in [0.1, 0.15) is 0 Å². The van der Waals surface area contributed by atoms with Crippen molar-refractivity contribution >= 4 is 35.0 Å². The van der Waals surface area contributed by atoms with Crippen molar-refractivity contribution in [1.29, 1.82) is 5.26 Å². The fraction of sp³-hybridized carbons (Fsp3) is 0.308. The number of carbonyl (C=O) groups excluding carboxylic acids is 3. The molecule has 2 atom stereocenters.